The number of sulfonamides is 1. The summed E-state index contributed by atoms with van der Waals surface area (Å²) < 4.78 is 27.7. The van der Waals surface area contributed by atoms with Crippen molar-refractivity contribution in [3.05, 3.63) is 29.3 Å². The normalized spacial score (nSPS) is 22.3. The highest BCUT2D eigenvalue weighted by Crippen LogP contribution is 2.26. The molecule has 0 atom stereocenters. The summed E-state index contributed by atoms with van der Waals surface area (Å²) in [5, 5.41) is 0. The molecule has 7 heteroatoms. The molecule has 1 heterocycles. The van der Waals surface area contributed by atoms with Gasteiger partial charge in [-0.2, -0.15) is 0 Å². The van der Waals surface area contributed by atoms with Gasteiger partial charge >= 0.3 is 0 Å². The van der Waals surface area contributed by atoms with Crippen LogP contribution in [-0.4, -0.2) is 62.4 Å². The highest BCUT2D eigenvalue weighted by atomic mass is 32.2. The number of amides is 1. The van der Waals surface area contributed by atoms with Crippen molar-refractivity contribution in [2.45, 2.75) is 62.4 Å². The van der Waals surface area contributed by atoms with Gasteiger partial charge in [0, 0.05) is 43.8 Å². The van der Waals surface area contributed by atoms with Crippen molar-refractivity contribution in [1.82, 2.24) is 14.5 Å². The summed E-state index contributed by atoms with van der Waals surface area (Å²) >= 11 is 0. The Bertz CT molecular complexity index is 806. The zero-order chi connectivity index (χ0) is 19.0. The topological polar surface area (TPSA) is 69.7 Å². The Balaban J connectivity index is 1.46. The van der Waals surface area contributed by atoms with Crippen LogP contribution < -0.4 is 4.72 Å². The Morgan fingerprint density at radius 3 is 2.33 bits per heavy atom. The van der Waals surface area contributed by atoms with Crippen molar-refractivity contribution >= 4 is 15.9 Å². The third kappa shape index (κ3) is 4.20. The number of hydrogen-bond donors (Lipinski definition) is 1. The molecule has 6 nitrogen and oxygen atoms in total. The number of rotatable bonds is 5. The first-order chi connectivity index (χ1) is 12.9. The van der Waals surface area contributed by atoms with E-state index in [1.807, 2.05) is 11.8 Å². The van der Waals surface area contributed by atoms with E-state index in [4.69, 9.17) is 0 Å². The van der Waals surface area contributed by atoms with Crippen LogP contribution >= 0.6 is 0 Å². The largest absolute Gasteiger partial charge is 0.336 e. The van der Waals surface area contributed by atoms with E-state index in [-0.39, 0.29) is 16.8 Å². The van der Waals surface area contributed by atoms with E-state index in [0.29, 0.717) is 24.7 Å². The molecule has 1 aromatic rings. The maximum atomic E-state index is 13.1. The summed E-state index contributed by atoms with van der Waals surface area (Å²) in [6, 6.07) is 5.62. The van der Waals surface area contributed by atoms with Gasteiger partial charge in [-0.3, -0.25) is 9.69 Å². The van der Waals surface area contributed by atoms with Gasteiger partial charge in [-0.05, 0) is 50.3 Å². The molecule has 0 bridgehead atoms. The van der Waals surface area contributed by atoms with E-state index in [9.17, 15) is 13.2 Å². The van der Waals surface area contributed by atoms with Gasteiger partial charge in [0.2, 0.25) is 10.0 Å². The number of nitrogens with one attached hydrogen (secondary N) is 1. The number of piperazine rings is 1. The molecular weight excluding hydrogens is 362 g/mol. The van der Waals surface area contributed by atoms with Crippen molar-refractivity contribution in [3.63, 3.8) is 0 Å². The predicted molar refractivity (Wildman–Crippen MR) is 104 cm³/mol. The highest BCUT2D eigenvalue weighted by Gasteiger charge is 2.31. The number of carbonyl (C=O) groups is 1. The van der Waals surface area contributed by atoms with Gasteiger partial charge in [0.25, 0.3) is 5.91 Å². The van der Waals surface area contributed by atoms with Crippen LogP contribution in [-0.2, 0) is 10.0 Å². The Morgan fingerprint density at radius 1 is 1.04 bits per heavy atom. The number of hydrogen-bond acceptors (Lipinski definition) is 4. The Labute approximate surface area is 162 Å². The lowest BCUT2D eigenvalue weighted by molar-refractivity contribution is 0.0572. The van der Waals surface area contributed by atoms with Crippen molar-refractivity contribution in [3.8, 4) is 0 Å². The van der Waals surface area contributed by atoms with Crippen LogP contribution in [0, 0.1) is 6.92 Å². The Morgan fingerprint density at radius 2 is 1.70 bits per heavy atom. The van der Waals surface area contributed by atoms with E-state index in [1.165, 1.54) is 25.7 Å². The average molecular weight is 392 g/mol. The maximum absolute atomic E-state index is 13.1. The molecule has 27 heavy (non-hydrogen) atoms. The van der Waals surface area contributed by atoms with Crippen LogP contribution in [0.3, 0.4) is 0 Å². The summed E-state index contributed by atoms with van der Waals surface area (Å²) in [7, 11) is -3.55. The Hall–Kier alpha value is -1.44. The first-order valence-electron chi connectivity index (χ1n) is 10.1. The van der Waals surface area contributed by atoms with E-state index >= 15 is 0 Å². The van der Waals surface area contributed by atoms with E-state index in [1.54, 1.807) is 18.2 Å². The zero-order valence-electron chi connectivity index (χ0n) is 16.0. The SMILES string of the molecule is Cc1ccc(S(=O)(=O)NC2CC2)cc1C(=O)N1CCN(C2CCCC2)CC1. The lowest BCUT2D eigenvalue weighted by Gasteiger charge is -2.38. The van der Waals surface area contributed by atoms with Crippen LogP contribution in [0.4, 0.5) is 0 Å². The van der Waals surface area contributed by atoms with Crippen molar-refractivity contribution in [2.24, 2.45) is 0 Å². The molecular formula is C20H29N3O3S. The van der Waals surface area contributed by atoms with E-state index < -0.39 is 10.0 Å². The third-order valence-electron chi connectivity index (χ3n) is 6.09. The van der Waals surface area contributed by atoms with E-state index in [2.05, 4.69) is 9.62 Å². The molecule has 4 rings (SSSR count). The molecule has 1 amide bonds. The quantitative estimate of drug-likeness (QED) is 0.835. The number of benzene rings is 1. The first-order valence-corrected chi connectivity index (χ1v) is 11.6. The van der Waals surface area contributed by atoms with Gasteiger partial charge in [0.15, 0.2) is 0 Å². The fourth-order valence-corrected chi connectivity index (χ4v) is 5.55. The molecule has 1 aromatic carbocycles. The molecule has 2 saturated carbocycles. The van der Waals surface area contributed by atoms with Gasteiger partial charge < -0.3 is 4.90 Å². The second-order valence-electron chi connectivity index (χ2n) is 8.14. The molecule has 1 saturated heterocycles. The summed E-state index contributed by atoms with van der Waals surface area (Å²) in [5.74, 6) is -0.0537. The van der Waals surface area contributed by atoms with Crippen molar-refractivity contribution in [2.75, 3.05) is 26.2 Å². The summed E-state index contributed by atoms with van der Waals surface area (Å²) in [6.07, 6.45) is 6.98. The lowest BCUT2D eigenvalue weighted by atomic mass is 10.1. The van der Waals surface area contributed by atoms with Gasteiger partial charge in [-0.15, -0.1) is 0 Å². The molecule has 0 radical (unpaired) electrons. The van der Waals surface area contributed by atoms with Crippen molar-refractivity contribution in [1.29, 1.82) is 0 Å². The van der Waals surface area contributed by atoms with Gasteiger partial charge in [0.1, 0.15) is 0 Å². The third-order valence-corrected chi connectivity index (χ3v) is 7.61. The van der Waals surface area contributed by atoms with Crippen LogP contribution in [0.25, 0.3) is 0 Å². The molecule has 3 aliphatic rings. The zero-order valence-corrected chi connectivity index (χ0v) is 16.8. The van der Waals surface area contributed by atoms with Crippen LogP contribution in [0.1, 0.15) is 54.4 Å². The summed E-state index contributed by atoms with van der Waals surface area (Å²) in [6.45, 7) is 5.12. The highest BCUT2D eigenvalue weighted by molar-refractivity contribution is 7.89. The number of nitrogens with zero attached hydrogens (tertiary/aromatic N) is 2. The first kappa shape index (κ1) is 18.9. The minimum absolute atomic E-state index is 0.0537. The molecule has 1 aliphatic heterocycles. The van der Waals surface area contributed by atoms with Gasteiger partial charge in [-0.1, -0.05) is 18.9 Å². The Kier molecular flexibility index (Phi) is 5.27. The molecule has 1 N–H and O–H groups in total. The summed E-state index contributed by atoms with van der Waals surface area (Å²) in [5.41, 5.74) is 1.33. The summed E-state index contributed by atoms with van der Waals surface area (Å²) in [4.78, 5) is 17.6. The maximum Gasteiger partial charge on any atom is 0.254 e. The molecule has 148 valence electrons. The fourth-order valence-electron chi connectivity index (χ4n) is 4.22. The molecule has 0 spiro atoms. The minimum atomic E-state index is -3.55. The predicted octanol–water partition coefficient (Wildman–Crippen LogP) is 2.14. The number of carbonyl (C=O) groups excluding carboxylic acids is 1. The molecule has 0 unspecified atom stereocenters. The van der Waals surface area contributed by atoms with Gasteiger partial charge in [-0.25, -0.2) is 13.1 Å². The van der Waals surface area contributed by atoms with Crippen molar-refractivity contribution < 1.29 is 13.2 Å². The second kappa shape index (κ2) is 7.53. The fraction of sp³-hybridized carbons (Fsp3) is 0.650. The molecule has 2 aliphatic carbocycles. The average Bonchev–Trinajstić information content (AvgIpc) is 3.29. The second-order valence-corrected chi connectivity index (χ2v) is 9.85. The van der Waals surface area contributed by atoms with Crippen LogP contribution in [0.5, 0.6) is 0 Å². The number of aryl methyl sites for hydroxylation is 1. The minimum Gasteiger partial charge on any atom is -0.336 e. The van der Waals surface area contributed by atoms with Crippen LogP contribution in [0.2, 0.25) is 0 Å². The smallest absolute Gasteiger partial charge is 0.254 e. The monoisotopic (exact) mass is 391 g/mol. The lowest BCUT2D eigenvalue weighted by Crippen LogP contribution is -2.51. The van der Waals surface area contributed by atoms with Crippen LogP contribution in [0.15, 0.2) is 23.1 Å². The molecule has 3 fully saturated rings. The van der Waals surface area contributed by atoms with Gasteiger partial charge in [0.05, 0.1) is 4.90 Å². The standard InChI is InChI=1S/C20H29N3O3S/c1-15-6-9-18(27(25,26)21-16-7-8-16)14-19(15)20(24)23-12-10-22(11-13-23)17-4-2-3-5-17/h6,9,14,16-17,21H,2-5,7-8,10-13H2,1H3. The molecule has 0 aromatic heterocycles. The van der Waals surface area contributed by atoms with E-state index in [0.717, 1.165) is 31.5 Å².